The molecule has 1 aromatic rings. The maximum absolute atomic E-state index is 12.0. The third-order valence-electron chi connectivity index (χ3n) is 2.33. The number of allylic oxidation sites excluding steroid dienone is 1. The lowest BCUT2D eigenvalue weighted by Gasteiger charge is -2.10. The summed E-state index contributed by atoms with van der Waals surface area (Å²) >= 11 is 0. The van der Waals surface area contributed by atoms with E-state index in [1.54, 1.807) is 0 Å². The number of halogens is 3. The van der Waals surface area contributed by atoms with Gasteiger partial charge in [0.15, 0.2) is 5.57 Å². The molecule has 0 fully saturated rings. The van der Waals surface area contributed by atoms with Crippen LogP contribution in [0.15, 0.2) is 47.7 Å². The molecule has 0 aromatic heterocycles. The SMILES string of the molecule is C=C(C)/C(O)=C(\C#N)C(=O)Nc1ccc(OC(F)(F)F)cc1. The van der Waals surface area contributed by atoms with Gasteiger partial charge in [-0.1, -0.05) is 6.58 Å². The molecule has 5 nitrogen and oxygen atoms in total. The Hall–Kier alpha value is -2.95. The number of aliphatic hydroxyl groups is 1. The van der Waals surface area contributed by atoms with Crippen molar-refractivity contribution in [3.8, 4) is 11.8 Å². The van der Waals surface area contributed by atoms with Crippen LogP contribution < -0.4 is 10.1 Å². The third-order valence-corrected chi connectivity index (χ3v) is 2.33. The van der Waals surface area contributed by atoms with Crippen LogP contribution in [-0.2, 0) is 4.79 Å². The van der Waals surface area contributed by atoms with Gasteiger partial charge in [-0.25, -0.2) is 0 Å². The summed E-state index contributed by atoms with van der Waals surface area (Å²) in [5.74, 6) is -1.92. The zero-order valence-electron chi connectivity index (χ0n) is 11.4. The van der Waals surface area contributed by atoms with Crippen LogP contribution in [0, 0.1) is 11.3 Å². The number of carbonyl (C=O) groups is 1. The van der Waals surface area contributed by atoms with Crippen molar-refractivity contribution in [3.05, 3.63) is 47.7 Å². The minimum atomic E-state index is -4.81. The summed E-state index contributed by atoms with van der Waals surface area (Å²) in [5, 5.41) is 20.7. The highest BCUT2D eigenvalue weighted by Gasteiger charge is 2.31. The Morgan fingerprint density at radius 3 is 2.32 bits per heavy atom. The Balaban J connectivity index is 2.88. The van der Waals surface area contributed by atoms with Crippen molar-refractivity contribution in [2.75, 3.05) is 5.32 Å². The highest BCUT2D eigenvalue weighted by Crippen LogP contribution is 2.24. The van der Waals surface area contributed by atoms with Gasteiger partial charge in [0.25, 0.3) is 5.91 Å². The molecule has 0 saturated heterocycles. The van der Waals surface area contributed by atoms with E-state index in [9.17, 15) is 23.1 Å². The van der Waals surface area contributed by atoms with Gasteiger partial charge in [-0.15, -0.1) is 13.2 Å². The van der Waals surface area contributed by atoms with Gasteiger partial charge in [0, 0.05) is 5.69 Å². The van der Waals surface area contributed by atoms with E-state index in [0.29, 0.717) is 0 Å². The number of hydrogen-bond donors (Lipinski definition) is 2. The summed E-state index contributed by atoms with van der Waals surface area (Å²) in [7, 11) is 0. The number of carbonyl (C=O) groups excluding carboxylic acids is 1. The maximum Gasteiger partial charge on any atom is 0.573 e. The fraction of sp³-hybridized carbons (Fsp3) is 0.143. The summed E-state index contributed by atoms with van der Waals surface area (Å²) in [4.78, 5) is 11.8. The number of alkyl halides is 3. The number of anilines is 1. The molecule has 8 heteroatoms. The topological polar surface area (TPSA) is 82.3 Å². The van der Waals surface area contributed by atoms with Gasteiger partial charge in [-0.05, 0) is 36.8 Å². The molecule has 0 atom stereocenters. The number of ether oxygens (including phenoxy) is 1. The predicted octanol–water partition coefficient (Wildman–Crippen LogP) is 3.44. The third kappa shape index (κ3) is 4.86. The molecule has 1 amide bonds. The highest BCUT2D eigenvalue weighted by molar-refractivity contribution is 6.07. The molecule has 22 heavy (non-hydrogen) atoms. The fourth-order valence-electron chi connectivity index (χ4n) is 1.36. The molecule has 2 N–H and O–H groups in total. The Kier molecular flexibility index (Phi) is 5.18. The van der Waals surface area contributed by atoms with E-state index in [2.05, 4.69) is 16.6 Å². The number of rotatable bonds is 4. The molecule has 0 aliphatic heterocycles. The Labute approximate surface area is 123 Å². The summed E-state index contributed by atoms with van der Waals surface area (Å²) in [6, 6.07) is 5.84. The summed E-state index contributed by atoms with van der Waals surface area (Å²) in [6.45, 7) is 4.80. The number of benzene rings is 1. The molecule has 0 bridgehead atoms. The number of nitrogens with one attached hydrogen (secondary N) is 1. The van der Waals surface area contributed by atoms with Crippen molar-refractivity contribution in [1.82, 2.24) is 0 Å². The molecular formula is C14H11F3N2O3. The van der Waals surface area contributed by atoms with E-state index in [4.69, 9.17) is 5.26 Å². The summed E-state index contributed by atoms with van der Waals surface area (Å²) in [5.41, 5.74) is -0.300. The molecule has 0 unspecified atom stereocenters. The van der Waals surface area contributed by atoms with Gasteiger partial charge in [-0.2, -0.15) is 5.26 Å². The fourth-order valence-corrected chi connectivity index (χ4v) is 1.36. The lowest BCUT2D eigenvalue weighted by Crippen LogP contribution is -2.17. The molecule has 0 aliphatic carbocycles. The average Bonchev–Trinajstić information content (AvgIpc) is 2.40. The second-order valence-corrected chi connectivity index (χ2v) is 4.14. The van der Waals surface area contributed by atoms with Crippen molar-refractivity contribution in [2.45, 2.75) is 13.3 Å². The molecule has 1 aromatic carbocycles. The lowest BCUT2D eigenvalue weighted by atomic mass is 10.1. The second kappa shape index (κ2) is 6.67. The first-order valence-corrected chi connectivity index (χ1v) is 5.80. The van der Waals surface area contributed by atoms with Crippen LogP contribution in [0.5, 0.6) is 5.75 Å². The van der Waals surface area contributed by atoms with Crippen LogP contribution in [-0.4, -0.2) is 17.4 Å². The van der Waals surface area contributed by atoms with Crippen molar-refractivity contribution >= 4 is 11.6 Å². The quantitative estimate of drug-likeness (QED) is 0.386. The largest absolute Gasteiger partial charge is 0.573 e. The van der Waals surface area contributed by atoms with E-state index in [0.717, 1.165) is 24.3 Å². The predicted molar refractivity (Wildman–Crippen MR) is 71.8 cm³/mol. The smallest absolute Gasteiger partial charge is 0.506 e. The van der Waals surface area contributed by atoms with Crippen LogP contribution in [0.4, 0.5) is 18.9 Å². The molecule has 0 saturated carbocycles. The van der Waals surface area contributed by atoms with E-state index in [1.165, 1.54) is 13.0 Å². The minimum absolute atomic E-state index is 0.126. The lowest BCUT2D eigenvalue weighted by molar-refractivity contribution is -0.274. The van der Waals surface area contributed by atoms with Crippen molar-refractivity contribution in [2.24, 2.45) is 0 Å². The van der Waals surface area contributed by atoms with Gasteiger partial charge in [0.2, 0.25) is 0 Å². The van der Waals surface area contributed by atoms with Crippen LogP contribution in [0.2, 0.25) is 0 Å². The van der Waals surface area contributed by atoms with Crippen LogP contribution in [0.25, 0.3) is 0 Å². The number of hydrogen-bond acceptors (Lipinski definition) is 4. The molecule has 1 rings (SSSR count). The normalized spacial score (nSPS) is 12.0. The van der Waals surface area contributed by atoms with Crippen LogP contribution in [0.1, 0.15) is 6.92 Å². The van der Waals surface area contributed by atoms with Crippen molar-refractivity contribution in [3.63, 3.8) is 0 Å². The molecular weight excluding hydrogens is 301 g/mol. The number of nitriles is 1. The Morgan fingerprint density at radius 2 is 1.91 bits per heavy atom. The van der Waals surface area contributed by atoms with Crippen molar-refractivity contribution < 1.29 is 27.8 Å². The monoisotopic (exact) mass is 312 g/mol. The van der Waals surface area contributed by atoms with E-state index in [1.807, 2.05) is 0 Å². The zero-order valence-corrected chi connectivity index (χ0v) is 11.4. The highest BCUT2D eigenvalue weighted by atomic mass is 19.4. The van der Waals surface area contributed by atoms with Gasteiger partial charge >= 0.3 is 6.36 Å². The van der Waals surface area contributed by atoms with Crippen LogP contribution in [0.3, 0.4) is 0 Å². The zero-order chi connectivity index (χ0) is 16.9. The van der Waals surface area contributed by atoms with E-state index < -0.39 is 29.4 Å². The molecule has 0 heterocycles. The van der Waals surface area contributed by atoms with Gasteiger partial charge in [-0.3, -0.25) is 4.79 Å². The Bertz CT molecular complexity index is 655. The maximum atomic E-state index is 12.0. The summed E-state index contributed by atoms with van der Waals surface area (Å²) in [6.07, 6.45) is -4.81. The first kappa shape index (κ1) is 17.1. The van der Waals surface area contributed by atoms with E-state index >= 15 is 0 Å². The average molecular weight is 312 g/mol. The molecule has 116 valence electrons. The molecule has 0 aliphatic rings. The standard InChI is InChI=1S/C14H11F3N2O3/c1-8(2)12(20)11(7-18)13(21)19-9-3-5-10(6-4-9)22-14(15,16)17/h3-6,20H,1H2,2H3,(H,19,21)/b12-11-. The molecule has 0 spiro atoms. The van der Waals surface area contributed by atoms with Crippen molar-refractivity contribution in [1.29, 1.82) is 5.26 Å². The molecule has 0 radical (unpaired) electrons. The summed E-state index contributed by atoms with van der Waals surface area (Å²) < 4.78 is 39.7. The minimum Gasteiger partial charge on any atom is -0.506 e. The van der Waals surface area contributed by atoms with Gasteiger partial charge in [0.1, 0.15) is 17.6 Å². The van der Waals surface area contributed by atoms with Crippen LogP contribution >= 0.6 is 0 Å². The second-order valence-electron chi connectivity index (χ2n) is 4.14. The van der Waals surface area contributed by atoms with Gasteiger partial charge < -0.3 is 15.2 Å². The first-order valence-electron chi connectivity index (χ1n) is 5.80. The number of aliphatic hydroxyl groups excluding tert-OH is 1. The van der Waals surface area contributed by atoms with E-state index in [-0.39, 0.29) is 11.3 Å². The Morgan fingerprint density at radius 1 is 1.36 bits per heavy atom. The number of nitrogens with zero attached hydrogens (tertiary/aromatic N) is 1. The first-order chi connectivity index (χ1) is 10.1. The van der Waals surface area contributed by atoms with Gasteiger partial charge in [0.05, 0.1) is 0 Å². The number of amides is 1.